The third-order valence-electron chi connectivity index (χ3n) is 4.00. The fourth-order valence-corrected chi connectivity index (χ4v) is 3.77. The van der Waals surface area contributed by atoms with E-state index in [4.69, 9.17) is 4.74 Å². The van der Waals surface area contributed by atoms with E-state index in [0.717, 1.165) is 15.3 Å². The number of amides is 1. The molecule has 3 rings (SSSR count). The van der Waals surface area contributed by atoms with E-state index in [0.29, 0.717) is 0 Å². The van der Waals surface area contributed by atoms with E-state index in [1.165, 1.54) is 11.3 Å². The van der Waals surface area contributed by atoms with Gasteiger partial charge in [0, 0.05) is 11.3 Å². The molecule has 2 unspecified atom stereocenters. The summed E-state index contributed by atoms with van der Waals surface area (Å²) in [5.74, 6) is -1.15. The molecule has 2 N–H and O–H groups in total. The maximum Gasteiger partial charge on any atom is 0.411 e. The van der Waals surface area contributed by atoms with Crippen LogP contribution < -0.4 is 0 Å². The van der Waals surface area contributed by atoms with E-state index >= 15 is 0 Å². The first-order valence-electron chi connectivity index (χ1n) is 7.51. The second-order valence-corrected chi connectivity index (χ2v) is 6.54. The van der Waals surface area contributed by atoms with Crippen molar-refractivity contribution < 1.29 is 24.5 Å². The minimum atomic E-state index is -1.15. The Morgan fingerprint density at radius 3 is 2.58 bits per heavy atom. The normalized spacial score (nSPS) is 23.2. The van der Waals surface area contributed by atoms with Gasteiger partial charge < -0.3 is 14.9 Å². The quantitative estimate of drug-likeness (QED) is 0.888. The van der Waals surface area contributed by atoms with Crippen LogP contribution >= 0.6 is 11.3 Å². The smallest absolute Gasteiger partial charge is 0.411 e. The molecule has 2 aromatic rings. The summed E-state index contributed by atoms with van der Waals surface area (Å²) in [7, 11) is 0. The summed E-state index contributed by atoms with van der Waals surface area (Å²) in [6.07, 6.45) is -1.69. The number of thiophene rings is 1. The van der Waals surface area contributed by atoms with Crippen molar-refractivity contribution in [2.45, 2.75) is 31.2 Å². The highest BCUT2D eigenvalue weighted by atomic mass is 32.1. The minimum Gasteiger partial charge on any atom is -0.480 e. The highest BCUT2D eigenvalue weighted by molar-refractivity contribution is 7.10. The van der Waals surface area contributed by atoms with Crippen molar-refractivity contribution >= 4 is 23.4 Å². The first-order valence-corrected chi connectivity index (χ1v) is 8.39. The number of hydrogen-bond donors (Lipinski definition) is 2. The van der Waals surface area contributed by atoms with E-state index in [2.05, 4.69) is 0 Å². The Bertz CT molecular complexity index is 703. The third-order valence-corrected chi connectivity index (χ3v) is 4.94. The van der Waals surface area contributed by atoms with E-state index in [9.17, 15) is 19.8 Å². The number of aliphatic hydroxyl groups is 1. The molecule has 0 saturated carbocycles. The first-order chi connectivity index (χ1) is 11.6. The zero-order chi connectivity index (χ0) is 17.1. The lowest BCUT2D eigenvalue weighted by Crippen LogP contribution is -2.42. The van der Waals surface area contributed by atoms with Crippen LogP contribution in [0.1, 0.15) is 22.9 Å². The van der Waals surface area contributed by atoms with Crippen molar-refractivity contribution in [1.82, 2.24) is 4.90 Å². The summed E-state index contributed by atoms with van der Waals surface area (Å²) in [6.45, 7) is 0.0514. The van der Waals surface area contributed by atoms with Gasteiger partial charge in [-0.25, -0.2) is 9.59 Å². The van der Waals surface area contributed by atoms with Gasteiger partial charge in [-0.3, -0.25) is 4.90 Å². The number of carbonyl (C=O) groups is 2. The van der Waals surface area contributed by atoms with Crippen molar-refractivity contribution in [2.24, 2.45) is 0 Å². The molecule has 1 aliphatic heterocycles. The Labute approximate surface area is 142 Å². The molecule has 6 nitrogen and oxygen atoms in total. The van der Waals surface area contributed by atoms with E-state index in [1.807, 2.05) is 35.7 Å². The molecule has 7 heteroatoms. The molecule has 1 aromatic heterocycles. The average molecular weight is 347 g/mol. The fraction of sp³-hybridized carbons (Fsp3) is 0.294. The van der Waals surface area contributed by atoms with Crippen LogP contribution in [-0.2, 0) is 16.1 Å². The number of aliphatic hydroxyl groups excluding tert-OH is 1. The Balaban J connectivity index is 1.80. The second-order valence-electron chi connectivity index (χ2n) is 5.56. The summed E-state index contributed by atoms with van der Waals surface area (Å²) in [5, 5.41) is 21.5. The average Bonchev–Trinajstić information content (AvgIpc) is 3.20. The Kier molecular flexibility index (Phi) is 4.82. The molecule has 0 aliphatic carbocycles. The Morgan fingerprint density at radius 1 is 1.21 bits per heavy atom. The van der Waals surface area contributed by atoms with Crippen LogP contribution in [0.4, 0.5) is 4.79 Å². The molecule has 2 heterocycles. The summed E-state index contributed by atoms with van der Waals surface area (Å²) >= 11 is 1.37. The number of likely N-dealkylation sites (tertiary alicyclic amines) is 1. The highest BCUT2D eigenvalue weighted by Gasteiger charge is 2.48. The van der Waals surface area contributed by atoms with Crippen LogP contribution in [0.2, 0.25) is 0 Å². The lowest BCUT2D eigenvalue weighted by molar-refractivity contribution is -0.142. The van der Waals surface area contributed by atoms with Gasteiger partial charge >= 0.3 is 12.1 Å². The zero-order valence-corrected chi connectivity index (χ0v) is 13.6. The lowest BCUT2D eigenvalue weighted by Gasteiger charge is -2.27. The maximum atomic E-state index is 12.5. The van der Waals surface area contributed by atoms with Gasteiger partial charge in [0.1, 0.15) is 12.6 Å². The summed E-state index contributed by atoms with van der Waals surface area (Å²) in [4.78, 5) is 25.9. The van der Waals surface area contributed by atoms with Crippen molar-refractivity contribution in [3.05, 3.63) is 58.3 Å². The van der Waals surface area contributed by atoms with Crippen LogP contribution in [0.5, 0.6) is 0 Å². The first kappa shape index (κ1) is 16.5. The molecule has 3 atom stereocenters. The molecule has 1 aromatic carbocycles. The molecule has 1 saturated heterocycles. The van der Waals surface area contributed by atoms with Gasteiger partial charge in [-0.15, -0.1) is 11.3 Å². The van der Waals surface area contributed by atoms with Gasteiger partial charge in [-0.2, -0.15) is 0 Å². The number of carboxylic acids is 1. The van der Waals surface area contributed by atoms with Crippen LogP contribution in [-0.4, -0.2) is 39.3 Å². The fourth-order valence-electron chi connectivity index (χ4n) is 2.89. The van der Waals surface area contributed by atoms with E-state index in [1.54, 1.807) is 12.1 Å². The van der Waals surface area contributed by atoms with Gasteiger partial charge in [-0.05, 0) is 17.0 Å². The molecule has 0 spiro atoms. The number of benzene rings is 1. The summed E-state index contributed by atoms with van der Waals surface area (Å²) < 4.78 is 5.29. The van der Waals surface area contributed by atoms with Gasteiger partial charge in [0.05, 0.1) is 12.1 Å². The van der Waals surface area contributed by atoms with Crippen molar-refractivity contribution in [3.63, 3.8) is 0 Å². The Morgan fingerprint density at radius 2 is 1.96 bits per heavy atom. The third kappa shape index (κ3) is 3.27. The van der Waals surface area contributed by atoms with Gasteiger partial charge in [0.2, 0.25) is 0 Å². The Hall–Kier alpha value is -2.38. The molecule has 1 fully saturated rings. The topological polar surface area (TPSA) is 87.1 Å². The van der Waals surface area contributed by atoms with Gasteiger partial charge in [0.25, 0.3) is 0 Å². The second kappa shape index (κ2) is 7.02. The largest absolute Gasteiger partial charge is 0.480 e. The number of rotatable bonds is 4. The number of carboxylic acid groups (broad SMARTS) is 1. The molecular weight excluding hydrogens is 330 g/mol. The highest BCUT2D eigenvalue weighted by Crippen LogP contribution is 2.39. The van der Waals surface area contributed by atoms with Gasteiger partial charge in [0.15, 0.2) is 0 Å². The van der Waals surface area contributed by atoms with Crippen LogP contribution in [0.3, 0.4) is 0 Å². The SMILES string of the molecule is O=C(O)[C@@H]1CC(O)C(c2cccs2)N1C(=O)OCc1ccccc1. The number of ether oxygens (including phenoxy) is 1. The summed E-state index contributed by atoms with van der Waals surface area (Å²) in [5.41, 5.74) is 0.810. The molecule has 24 heavy (non-hydrogen) atoms. The van der Waals surface area contributed by atoms with Crippen LogP contribution in [0.25, 0.3) is 0 Å². The molecule has 0 radical (unpaired) electrons. The lowest BCUT2D eigenvalue weighted by atomic mass is 10.1. The number of hydrogen-bond acceptors (Lipinski definition) is 5. The molecule has 0 bridgehead atoms. The number of carbonyl (C=O) groups excluding carboxylic acids is 1. The maximum absolute atomic E-state index is 12.5. The predicted octanol–water partition coefficient (Wildman–Crippen LogP) is 2.65. The van der Waals surface area contributed by atoms with E-state index < -0.39 is 30.3 Å². The zero-order valence-electron chi connectivity index (χ0n) is 12.7. The van der Waals surface area contributed by atoms with Crippen LogP contribution in [0, 0.1) is 0 Å². The molecule has 126 valence electrons. The predicted molar refractivity (Wildman–Crippen MR) is 87.6 cm³/mol. The summed E-state index contributed by atoms with van der Waals surface area (Å²) in [6, 6.07) is 10.9. The van der Waals surface area contributed by atoms with Crippen molar-refractivity contribution in [1.29, 1.82) is 0 Å². The molecule has 1 aliphatic rings. The monoisotopic (exact) mass is 347 g/mol. The molecule has 1 amide bonds. The van der Waals surface area contributed by atoms with Crippen molar-refractivity contribution in [2.75, 3.05) is 0 Å². The van der Waals surface area contributed by atoms with Gasteiger partial charge in [-0.1, -0.05) is 36.4 Å². The standard InChI is InChI=1S/C17H17NO5S/c19-13-9-12(16(20)21)18(15(13)14-7-4-8-24-14)17(22)23-10-11-5-2-1-3-6-11/h1-8,12-13,15,19H,9-10H2,(H,20,21)/t12-,13?,15?/m0/s1. The van der Waals surface area contributed by atoms with Crippen molar-refractivity contribution in [3.8, 4) is 0 Å². The van der Waals surface area contributed by atoms with E-state index in [-0.39, 0.29) is 13.0 Å². The minimum absolute atomic E-state index is 0.0155. The molecular formula is C17H17NO5S. The number of nitrogens with zero attached hydrogens (tertiary/aromatic N) is 1. The number of aliphatic carboxylic acids is 1. The van der Waals surface area contributed by atoms with Crippen LogP contribution in [0.15, 0.2) is 47.8 Å².